The Labute approximate surface area is 166 Å². The van der Waals surface area contributed by atoms with Gasteiger partial charge in [0, 0.05) is 12.1 Å². The van der Waals surface area contributed by atoms with Crippen molar-refractivity contribution >= 4 is 5.91 Å². The molecule has 1 fully saturated rings. The lowest BCUT2D eigenvalue weighted by Gasteiger charge is -2.24. The number of rotatable bonds is 9. The molecular formula is C22H29N2O4+. The van der Waals surface area contributed by atoms with Crippen LogP contribution in [0.3, 0.4) is 0 Å². The molecule has 1 saturated heterocycles. The molecule has 0 aliphatic carbocycles. The molecule has 6 heteroatoms. The van der Waals surface area contributed by atoms with E-state index in [9.17, 15) is 4.79 Å². The lowest BCUT2D eigenvalue weighted by molar-refractivity contribution is -0.921. The number of quaternary nitrogens is 1. The van der Waals surface area contributed by atoms with Crippen molar-refractivity contribution in [1.29, 1.82) is 0 Å². The Morgan fingerprint density at radius 1 is 1.00 bits per heavy atom. The van der Waals surface area contributed by atoms with Crippen LogP contribution in [-0.2, 0) is 22.6 Å². The average molecular weight is 385 g/mol. The highest BCUT2D eigenvalue weighted by Gasteiger charge is 2.16. The third-order valence-electron chi connectivity index (χ3n) is 4.74. The second-order valence-corrected chi connectivity index (χ2v) is 6.78. The van der Waals surface area contributed by atoms with E-state index in [4.69, 9.17) is 14.2 Å². The van der Waals surface area contributed by atoms with Crippen LogP contribution in [0.4, 0.5) is 0 Å². The summed E-state index contributed by atoms with van der Waals surface area (Å²) < 4.78 is 16.4. The molecule has 1 heterocycles. The third kappa shape index (κ3) is 6.25. The SMILES string of the molecule is CCOc1ccc(OCC(=O)NCc2ccccc2C[NH+]2CCOCC2)cc1. The van der Waals surface area contributed by atoms with Crippen molar-refractivity contribution in [2.75, 3.05) is 39.5 Å². The predicted molar refractivity (Wildman–Crippen MR) is 107 cm³/mol. The quantitative estimate of drug-likeness (QED) is 0.681. The van der Waals surface area contributed by atoms with Gasteiger partial charge in [-0.15, -0.1) is 0 Å². The van der Waals surface area contributed by atoms with Gasteiger partial charge in [0.15, 0.2) is 6.61 Å². The second-order valence-electron chi connectivity index (χ2n) is 6.78. The minimum absolute atomic E-state index is 0.00907. The van der Waals surface area contributed by atoms with Gasteiger partial charge < -0.3 is 24.4 Å². The summed E-state index contributed by atoms with van der Waals surface area (Å²) in [5.41, 5.74) is 2.42. The highest BCUT2D eigenvalue weighted by atomic mass is 16.5. The standard InChI is InChI=1S/C22H28N2O4/c1-2-27-20-7-9-21(10-8-20)28-17-22(25)23-15-18-5-3-4-6-19(18)16-24-11-13-26-14-12-24/h3-10H,2,11-17H2,1H3,(H,23,25)/p+1. The van der Waals surface area contributed by atoms with Gasteiger partial charge in [-0.3, -0.25) is 4.79 Å². The molecule has 1 aliphatic heterocycles. The van der Waals surface area contributed by atoms with E-state index >= 15 is 0 Å². The van der Waals surface area contributed by atoms with E-state index < -0.39 is 0 Å². The van der Waals surface area contributed by atoms with Crippen LogP contribution in [0.5, 0.6) is 11.5 Å². The van der Waals surface area contributed by atoms with Gasteiger partial charge in [0.1, 0.15) is 31.1 Å². The Morgan fingerprint density at radius 2 is 1.64 bits per heavy atom. The maximum Gasteiger partial charge on any atom is 0.258 e. The Hall–Kier alpha value is -2.57. The van der Waals surface area contributed by atoms with Gasteiger partial charge in [-0.1, -0.05) is 24.3 Å². The van der Waals surface area contributed by atoms with E-state index in [-0.39, 0.29) is 12.5 Å². The van der Waals surface area contributed by atoms with Crippen LogP contribution >= 0.6 is 0 Å². The molecule has 150 valence electrons. The zero-order valence-electron chi connectivity index (χ0n) is 16.4. The van der Waals surface area contributed by atoms with Crippen LogP contribution in [0.1, 0.15) is 18.1 Å². The predicted octanol–water partition coefficient (Wildman–Crippen LogP) is 1.20. The minimum Gasteiger partial charge on any atom is -0.494 e. The van der Waals surface area contributed by atoms with E-state index in [0.29, 0.717) is 18.9 Å². The smallest absolute Gasteiger partial charge is 0.258 e. The van der Waals surface area contributed by atoms with Crippen molar-refractivity contribution in [2.45, 2.75) is 20.0 Å². The number of nitrogens with one attached hydrogen (secondary N) is 2. The molecule has 1 amide bonds. The largest absolute Gasteiger partial charge is 0.494 e. The summed E-state index contributed by atoms with van der Waals surface area (Å²) in [5.74, 6) is 1.30. The fourth-order valence-electron chi connectivity index (χ4n) is 3.20. The van der Waals surface area contributed by atoms with Crippen LogP contribution in [0.2, 0.25) is 0 Å². The first-order chi connectivity index (χ1) is 13.7. The first-order valence-corrected chi connectivity index (χ1v) is 9.85. The molecule has 1 aliphatic rings. The molecule has 2 aromatic carbocycles. The molecule has 0 unspecified atom stereocenters. The minimum atomic E-state index is -0.137. The summed E-state index contributed by atoms with van der Waals surface area (Å²) in [7, 11) is 0. The number of carbonyl (C=O) groups is 1. The van der Waals surface area contributed by atoms with Gasteiger partial charge >= 0.3 is 0 Å². The van der Waals surface area contributed by atoms with E-state index in [0.717, 1.165) is 44.2 Å². The fraction of sp³-hybridized carbons (Fsp3) is 0.409. The molecule has 2 aromatic rings. The molecule has 3 rings (SSSR count). The summed E-state index contributed by atoms with van der Waals surface area (Å²) in [6, 6.07) is 15.5. The van der Waals surface area contributed by atoms with E-state index in [1.54, 1.807) is 12.1 Å². The van der Waals surface area contributed by atoms with Gasteiger partial charge in [-0.25, -0.2) is 0 Å². The molecule has 0 bridgehead atoms. The highest BCUT2D eigenvalue weighted by Crippen LogP contribution is 2.17. The molecule has 0 aromatic heterocycles. The Morgan fingerprint density at radius 3 is 2.32 bits per heavy atom. The van der Waals surface area contributed by atoms with E-state index in [1.165, 1.54) is 10.5 Å². The number of carbonyl (C=O) groups excluding carboxylic acids is 1. The van der Waals surface area contributed by atoms with Gasteiger partial charge in [0.05, 0.1) is 19.8 Å². The Bertz CT molecular complexity index is 742. The number of benzene rings is 2. The van der Waals surface area contributed by atoms with Crippen LogP contribution in [0, 0.1) is 0 Å². The van der Waals surface area contributed by atoms with Gasteiger partial charge in [0.2, 0.25) is 0 Å². The molecule has 0 atom stereocenters. The van der Waals surface area contributed by atoms with Gasteiger partial charge in [0.25, 0.3) is 5.91 Å². The zero-order valence-corrected chi connectivity index (χ0v) is 16.4. The molecule has 0 radical (unpaired) electrons. The Kier molecular flexibility index (Phi) is 7.70. The van der Waals surface area contributed by atoms with E-state index in [2.05, 4.69) is 23.5 Å². The zero-order chi connectivity index (χ0) is 19.6. The van der Waals surface area contributed by atoms with Crippen LogP contribution in [-0.4, -0.2) is 45.4 Å². The molecule has 28 heavy (non-hydrogen) atoms. The molecule has 2 N–H and O–H groups in total. The fourth-order valence-corrected chi connectivity index (χ4v) is 3.20. The highest BCUT2D eigenvalue weighted by molar-refractivity contribution is 5.77. The molecular weight excluding hydrogens is 356 g/mol. The molecule has 6 nitrogen and oxygen atoms in total. The normalized spacial score (nSPS) is 14.5. The first-order valence-electron chi connectivity index (χ1n) is 9.85. The van der Waals surface area contributed by atoms with Crippen LogP contribution < -0.4 is 19.7 Å². The summed E-state index contributed by atoms with van der Waals surface area (Å²) in [6.45, 7) is 7.70. The summed E-state index contributed by atoms with van der Waals surface area (Å²) >= 11 is 0. The number of ether oxygens (including phenoxy) is 3. The maximum atomic E-state index is 12.2. The lowest BCUT2D eigenvalue weighted by Crippen LogP contribution is -3.12. The summed E-state index contributed by atoms with van der Waals surface area (Å²) in [5, 5.41) is 2.96. The molecule has 0 spiro atoms. The lowest BCUT2D eigenvalue weighted by atomic mass is 10.1. The average Bonchev–Trinajstić information content (AvgIpc) is 2.73. The number of morpholine rings is 1. The maximum absolute atomic E-state index is 12.2. The topological polar surface area (TPSA) is 61.2 Å². The van der Waals surface area contributed by atoms with Crippen LogP contribution in [0.15, 0.2) is 48.5 Å². The second kappa shape index (κ2) is 10.7. The number of hydrogen-bond acceptors (Lipinski definition) is 4. The molecule has 0 saturated carbocycles. The summed E-state index contributed by atoms with van der Waals surface area (Å²) in [4.78, 5) is 13.7. The Balaban J connectivity index is 1.46. The van der Waals surface area contributed by atoms with Crippen molar-refractivity contribution < 1.29 is 23.9 Å². The number of hydrogen-bond donors (Lipinski definition) is 2. The van der Waals surface area contributed by atoms with Crippen molar-refractivity contribution in [1.82, 2.24) is 5.32 Å². The third-order valence-corrected chi connectivity index (χ3v) is 4.74. The van der Waals surface area contributed by atoms with Crippen molar-refractivity contribution in [3.05, 3.63) is 59.7 Å². The van der Waals surface area contributed by atoms with Gasteiger partial charge in [-0.2, -0.15) is 0 Å². The summed E-state index contributed by atoms with van der Waals surface area (Å²) in [6.07, 6.45) is 0. The monoisotopic (exact) mass is 385 g/mol. The van der Waals surface area contributed by atoms with E-state index in [1.807, 2.05) is 25.1 Å². The van der Waals surface area contributed by atoms with Crippen LogP contribution in [0.25, 0.3) is 0 Å². The number of amides is 1. The van der Waals surface area contributed by atoms with Crippen molar-refractivity contribution in [3.8, 4) is 11.5 Å². The van der Waals surface area contributed by atoms with Gasteiger partial charge in [-0.05, 0) is 36.8 Å². The van der Waals surface area contributed by atoms with Crippen molar-refractivity contribution in [2.24, 2.45) is 0 Å². The first kappa shape index (κ1) is 20.2. The van der Waals surface area contributed by atoms with Crippen molar-refractivity contribution in [3.63, 3.8) is 0 Å².